The first-order chi connectivity index (χ1) is 30.7. The number of aromatic nitrogens is 1. The maximum Gasteiger partial charge on any atom is 0.0541 e. The summed E-state index contributed by atoms with van der Waals surface area (Å²) in [6, 6.07) is 91.9. The van der Waals surface area contributed by atoms with E-state index < -0.39 is 0 Å². The molecule has 10 aromatic carbocycles. The predicted molar refractivity (Wildman–Crippen MR) is 263 cm³/mol. The molecule has 0 saturated heterocycles. The second-order valence-corrected chi connectivity index (χ2v) is 15.8. The molecule has 0 radical (unpaired) electrons. The molecular formula is C60H42N2. The molecule has 0 unspecified atom stereocenters. The number of anilines is 3. The van der Waals surface area contributed by atoms with Crippen molar-refractivity contribution in [2.45, 2.75) is 0 Å². The summed E-state index contributed by atoms with van der Waals surface area (Å²) in [5.41, 5.74) is 18.8. The SMILES string of the molecule is c1ccc(-c2ccc(N(c3ccc(-c4ccccc4)cc3)c3cccc(-c4ccc(-c5cccc(-c6ccc(-n7c8ccccc8c8ccccc87)cc6)c5)cc4)c3)cc2)cc1. The molecule has 1 heterocycles. The van der Waals surface area contributed by atoms with Crippen LogP contribution in [0.15, 0.2) is 255 Å². The monoisotopic (exact) mass is 790 g/mol. The van der Waals surface area contributed by atoms with Gasteiger partial charge in [0.15, 0.2) is 0 Å². The van der Waals surface area contributed by atoms with Crippen molar-refractivity contribution >= 4 is 38.9 Å². The van der Waals surface area contributed by atoms with E-state index in [-0.39, 0.29) is 0 Å². The second kappa shape index (κ2) is 16.1. The highest BCUT2D eigenvalue weighted by molar-refractivity contribution is 6.09. The first-order valence-electron chi connectivity index (χ1n) is 21.2. The van der Waals surface area contributed by atoms with E-state index in [1.807, 2.05) is 0 Å². The third-order valence-electron chi connectivity index (χ3n) is 12.0. The third kappa shape index (κ3) is 7.04. The Morgan fingerprint density at radius 3 is 1.05 bits per heavy atom. The van der Waals surface area contributed by atoms with Crippen molar-refractivity contribution < 1.29 is 0 Å². The highest BCUT2D eigenvalue weighted by Gasteiger charge is 2.16. The third-order valence-corrected chi connectivity index (χ3v) is 12.0. The lowest BCUT2D eigenvalue weighted by molar-refractivity contribution is 1.18. The molecule has 0 fully saturated rings. The highest BCUT2D eigenvalue weighted by Crippen LogP contribution is 2.39. The summed E-state index contributed by atoms with van der Waals surface area (Å²) in [5, 5.41) is 2.55. The van der Waals surface area contributed by atoms with E-state index in [9.17, 15) is 0 Å². The standard InChI is InChI=1S/C60H42N2/c1-3-13-43(14-4-1)45-29-35-53(36-30-45)61(54-37-31-46(32-38-54)44-15-5-2-6-16-44)56-20-12-19-52(42-56)48-27-25-47(26-28-48)50-17-11-18-51(41-50)49-33-39-55(40-34-49)62-59-23-9-7-21-57(59)58-22-8-10-24-60(58)62/h1-42H. The maximum absolute atomic E-state index is 2.37. The number of rotatable bonds is 9. The Hall–Kier alpha value is -8.20. The highest BCUT2D eigenvalue weighted by atomic mass is 15.1. The van der Waals surface area contributed by atoms with Gasteiger partial charge in [-0.15, -0.1) is 0 Å². The van der Waals surface area contributed by atoms with Crippen LogP contribution in [-0.2, 0) is 0 Å². The van der Waals surface area contributed by atoms with Crippen LogP contribution in [0.3, 0.4) is 0 Å². The zero-order chi connectivity index (χ0) is 41.2. The van der Waals surface area contributed by atoms with E-state index in [0.717, 1.165) is 28.3 Å². The van der Waals surface area contributed by atoms with Gasteiger partial charge in [0.1, 0.15) is 0 Å². The topological polar surface area (TPSA) is 8.17 Å². The van der Waals surface area contributed by atoms with Crippen LogP contribution in [0.1, 0.15) is 0 Å². The molecule has 0 aliphatic carbocycles. The van der Waals surface area contributed by atoms with Crippen molar-refractivity contribution in [1.82, 2.24) is 4.57 Å². The molecule has 11 rings (SSSR count). The Kier molecular flexibility index (Phi) is 9.57. The lowest BCUT2D eigenvalue weighted by Crippen LogP contribution is -2.10. The number of benzene rings is 10. The van der Waals surface area contributed by atoms with Gasteiger partial charge in [-0.1, -0.05) is 188 Å². The maximum atomic E-state index is 2.37. The minimum atomic E-state index is 1.10. The fourth-order valence-corrected chi connectivity index (χ4v) is 8.88. The average molecular weight is 791 g/mol. The van der Waals surface area contributed by atoms with Crippen LogP contribution < -0.4 is 4.90 Å². The van der Waals surface area contributed by atoms with Crippen molar-refractivity contribution in [2.24, 2.45) is 0 Å². The number of fused-ring (bicyclic) bond motifs is 3. The van der Waals surface area contributed by atoms with Crippen molar-refractivity contribution in [1.29, 1.82) is 0 Å². The minimum Gasteiger partial charge on any atom is -0.310 e. The van der Waals surface area contributed by atoms with Gasteiger partial charge >= 0.3 is 0 Å². The van der Waals surface area contributed by atoms with E-state index in [1.165, 1.54) is 71.9 Å². The molecule has 2 heteroatoms. The van der Waals surface area contributed by atoms with Gasteiger partial charge in [-0.3, -0.25) is 0 Å². The summed E-state index contributed by atoms with van der Waals surface area (Å²) in [6.45, 7) is 0. The van der Waals surface area contributed by atoms with Gasteiger partial charge < -0.3 is 9.47 Å². The molecular weight excluding hydrogens is 749 g/mol. The lowest BCUT2D eigenvalue weighted by Gasteiger charge is -2.26. The van der Waals surface area contributed by atoms with Gasteiger partial charge in [-0.25, -0.2) is 0 Å². The number of para-hydroxylation sites is 2. The Balaban J connectivity index is 0.879. The van der Waals surface area contributed by atoms with Crippen LogP contribution in [0.25, 0.3) is 83.1 Å². The van der Waals surface area contributed by atoms with E-state index in [4.69, 9.17) is 0 Å². The zero-order valence-corrected chi connectivity index (χ0v) is 34.1. The average Bonchev–Trinajstić information content (AvgIpc) is 3.70. The van der Waals surface area contributed by atoms with Crippen LogP contribution in [0.2, 0.25) is 0 Å². The van der Waals surface area contributed by atoms with Gasteiger partial charge in [-0.05, 0) is 122 Å². The van der Waals surface area contributed by atoms with Crippen molar-refractivity contribution in [3.63, 3.8) is 0 Å². The zero-order valence-electron chi connectivity index (χ0n) is 34.1. The number of hydrogen-bond acceptors (Lipinski definition) is 1. The Labute approximate surface area is 362 Å². The van der Waals surface area contributed by atoms with E-state index in [2.05, 4.69) is 264 Å². The van der Waals surface area contributed by atoms with Crippen LogP contribution in [0.4, 0.5) is 17.1 Å². The second-order valence-electron chi connectivity index (χ2n) is 15.8. The summed E-state index contributed by atoms with van der Waals surface area (Å²) in [7, 11) is 0. The largest absolute Gasteiger partial charge is 0.310 e. The summed E-state index contributed by atoms with van der Waals surface area (Å²) in [6.07, 6.45) is 0. The summed E-state index contributed by atoms with van der Waals surface area (Å²) < 4.78 is 2.37. The first-order valence-corrected chi connectivity index (χ1v) is 21.2. The molecule has 0 atom stereocenters. The number of nitrogens with zero attached hydrogens (tertiary/aromatic N) is 2. The smallest absolute Gasteiger partial charge is 0.0541 e. The van der Waals surface area contributed by atoms with Crippen LogP contribution in [0, 0.1) is 0 Å². The molecule has 0 N–H and O–H groups in total. The molecule has 0 aliphatic rings. The summed E-state index contributed by atoms with van der Waals surface area (Å²) in [5.74, 6) is 0. The van der Waals surface area contributed by atoms with Gasteiger partial charge in [0.2, 0.25) is 0 Å². The fourth-order valence-electron chi connectivity index (χ4n) is 8.88. The molecule has 11 aromatic rings. The van der Waals surface area contributed by atoms with Gasteiger partial charge in [0.25, 0.3) is 0 Å². The van der Waals surface area contributed by atoms with Gasteiger partial charge in [-0.2, -0.15) is 0 Å². The molecule has 0 spiro atoms. The molecule has 0 amide bonds. The van der Waals surface area contributed by atoms with Crippen LogP contribution in [0.5, 0.6) is 0 Å². The van der Waals surface area contributed by atoms with Crippen LogP contribution >= 0.6 is 0 Å². The molecule has 1 aromatic heterocycles. The van der Waals surface area contributed by atoms with Crippen LogP contribution in [-0.4, -0.2) is 4.57 Å². The molecule has 0 bridgehead atoms. The summed E-state index contributed by atoms with van der Waals surface area (Å²) in [4.78, 5) is 2.35. The van der Waals surface area contributed by atoms with E-state index >= 15 is 0 Å². The van der Waals surface area contributed by atoms with E-state index in [1.54, 1.807) is 0 Å². The molecule has 2 nitrogen and oxygen atoms in total. The summed E-state index contributed by atoms with van der Waals surface area (Å²) >= 11 is 0. The Morgan fingerprint density at radius 1 is 0.226 bits per heavy atom. The Bertz CT molecular complexity index is 3160. The minimum absolute atomic E-state index is 1.10. The molecule has 0 aliphatic heterocycles. The molecule has 62 heavy (non-hydrogen) atoms. The van der Waals surface area contributed by atoms with Crippen molar-refractivity contribution in [3.8, 4) is 61.3 Å². The van der Waals surface area contributed by atoms with Gasteiger partial charge in [0.05, 0.1) is 11.0 Å². The first kappa shape index (κ1) is 36.8. The quantitative estimate of drug-likeness (QED) is 0.141. The lowest BCUT2D eigenvalue weighted by atomic mass is 9.97. The van der Waals surface area contributed by atoms with Crippen molar-refractivity contribution in [3.05, 3.63) is 255 Å². The van der Waals surface area contributed by atoms with Gasteiger partial charge in [0, 0.05) is 33.5 Å². The molecule has 0 saturated carbocycles. The number of hydrogen-bond donors (Lipinski definition) is 0. The Morgan fingerprint density at radius 2 is 0.565 bits per heavy atom. The molecule has 292 valence electrons. The van der Waals surface area contributed by atoms with Crippen molar-refractivity contribution in [2.75, 3.05) is 4.90 Å². The van der Waals surface area contributed by atoms with E-state index in [0.29, 0.717) is 0 Å². The fraction of sp³-hybridized carbons (Fsp3) is 0. The normalized spacial score (nSPS) is 11.2. The predicted octanol–water partition coefficient (Wildman–Crippen LogP) is 16.6.